The lowest BCUT2D eigenvalue weighted by Crippen LogP contribution is -2.64. The van der Waals surface area contributed by atoms with Crippen LogP contribution in [-0.4, -0.2) is 57.4 Å². The first-order chi connectivity index (χ1) is 8.14. The Kier molecular flexibility index (Phi) is 3.70. The predicted octanol–water partition coefficient (Wildman–Crippen LogP) is -0.297. The van der Waals surface area contributed by atoms with E-state index >= 15 is 0 Å². The van der Waals surface area contributed by atoms with Gasteiger partial charge in [0, 0.05) is 31.6 Å². The summed E-state index contributed by atoms with van der Waals surface area (Å²) in [5.74, 6) is 0.263. The monoisotopic (exact) mass is 242 g/mol. The van der Waals surface area contributed by atoms with E-state index in [0.717, 1.165) is 19.6 Å². The number of likely N-dealkylation sites (tertiary alicyclic amines) is 1. The Morgan fingerprint density at radius 3 is 2.71 bits per heavy atom. The van der Waals surface area contributed by atoms with Gasteiger partial charge in [-0.2, -0.15) is 0 Å². The van der Waals surface area contributed by atoms with Crippen molar-refractivity contribution < 1.29 is 14.3 Å². The van der Waals surface area contributed by atoms with Crippen LogP contribution < -0.4 is 5.73 Å². The first kappa shape index (κ1) is 12.8. The van der Waals surface area contributed by atoms with Crippen LogP contribution in [-0.2, 0) is 14.3 Å². The molecule has 0 aromatic heterocycles. The van der Waals surface area contributed by atoms with E-state index in [1.54, 1.807) is 0 Å². The van der Waals surface area contributed by atoms with Crippen LogP contribution in [0.1, 0.15) is 6.92 Å². The molecule has 2 heterocycles. The smallest absolute Gasteiger partial charge is 0.310 e. The van der Waals surface area contributed by atoms with Crippen LogP contribution in [0.4, 0.5) is 0 Å². The van der Waals surface area contributed by atoms with Gasteiger partial charge in [-0.25, -0.2) is 0 Å². The Balaban J connectivity index is 2.14. The van der Waals surface area contributed by atoms with Crippen molar-refractivity contribution in [1.29, 1.82) is 0 Å². The molecule has 0 amide bonds. The number of hydrogen-bond donors (Lipinski definition) is 1. The molecule has 2 atom stereocenters. The van der Waals surface area contributed by atoms with Crippen molar-refractivity contribution in [3.8, 4) is 0 Å². The van der Waals surface area contributed by atoms with E-state index < -0.39 is 0 Å². The van der Waals surface area contributed by atoms with Crippen LogP contribution in [0.2, 0.25) is 0 Å². The van der Waals surface area contributed by atoms with Gasteiger partial charge in [0.25, 0.3) is 0 Å². The fourth-order valence-corrected chi connectivity index (χ4v) is 3.07. The third kappa shape index (κ3) is 2.07. The number of carbonyl (C=O) groups is 1. The number of nitrogens with two attached hydrogens (primary N) is 1. The molecule has 0 bridgehead atoms. The summed E-state index contributed by atoms with van der Waals surface area (Å²) in [5.41, 5.74) is 5.59. The van der Waals surface area contributed by atoms with Crippen molar-refractivity contribution in [2.75, 3.05) is 46.5 Å². The average Bonchev–Trinajstić information content (AvgIpc) is 2.25. The van der Waals surface area contributed by atoms with Gasteiger partial charge < -0.3 is 20.1 Å². The Hall–Kier alpha value is -0.650. The van der Waals surface area contributed by atoms with E-state index in [0.29, 0.717) is 25.7 Å². The number of methoxy groups -OCH3 is 1. The molecule has 2 unspecified atom stereocenters. The lowest BCUT2D eigenvalue weighted by molar-refractivity contribution is -0.211. The average molecular weight is 242 g/mol. The van der Waals surface area contributed by atoms with Gasteiger partial charge in [0.05, 0.1) is 26.2 Å². The Morgan fingerprint density at radius 1 is 1.53 bits per heavy atom. The van der Waals surface area contributed by atoms with Crippen LogP contribution in [0.25, 0.3) is 0 Å². The molecule has 5 nitrogen and oxygen atoms in total. The number of esters is 1. The molecule has 2 aliphatic heterocycles. The molecule has 1 spiro atoms. The molecule has 0 aromatic carbocycles. The molecule has 2 fully saturated rings. The van der Waals surface area contributed by atoms with Crippen LogP contribution in [0.15, 0.2) is 0 Å². The fourth-order valence-electron chi connectivity index (χ4n) is 3.07. The predicted molar refractivity (Wildman–Crippen MR) is 63.4 cm³/mol. The molecule has 0 aliphatic carbocycles. The number of carbonyl (C=O) groups excluding carboxylic acids is 1. The number of hydrogen-bond acceptors (Lipinski definition) is 5. The molecule has 2 saturated heterocycles. The number of nitrogens with zero attached hydrogens (tertiary/aromatic N) is 1. The SMILES string of the molecule is COC(=O)C1CN(CCN)CC(C)C12COC2. The van der Waals surface area contributed by atoms with E-state index in [4.69, 9.17) is 15.2 Å². The van der Waals surface area contributed by atoms with Crippen molar-refractivity contribution >= 4 is 5.97 Å². The van der Waals surface area contributed by atoms with Gasteiger partial charge in [0.2, 0.25) is 0 Å². The van der Waals surface area contributed by atoms with Gasteiger partial charge in [-0.05, 0) is 5.92 Å². The summed E-state index contributed by atoms with van der Waals surface area (Å²) in [4.78, 5) is 14.2. The molecular weight excluding hydrogens is 220 g/mol. The highest BCUT2D eigenvalue weighted by molar-refractivity contribution is 5.74. The topological polar surface area (TPSA) is 64.8 Å². The van der Waals surface area contributed by atoms with Crippen molar-refractivity contribution in [2.24, 2.45) is 23.0 Å². The molecular formula is C12H22N2O3. The van der Waals surface area contributed by atoms with E-state index in [-0.39, 0.29) is 17.3 Å². The highest BCUT2D eigenvalue weighted by Crippen LogP contribution is 2.46. The Labute approximate surface area is 102 Å². The zero-order chi connectivity index (χ0) is 12.5. The van der Waals surface area contributed by atoms with Crippen molar-refractivity contribution in [3.63, 3.8) is 0 Å². The largest absolute Gasteiger partial charge is 0.469 e. The maximum Gasteiger partial charge on any atom is 0.310 e. The third-order valence-corrected chi connectivity index (χ3v) is 4.32. The zero-order valence-corrected chi connectivity index (χ0v) is 10.6. The summed E-state index contributed by atoms with van der Waals surface area (Å²) < 4.78 is 10.3. The van der Waals surface area contributed by atoms with Crippen molar-refractivity contribution in [3.05, 3.63) is 0 Å². The summed E-state index contributed by atoms with van der Waals surface area (Å²) in [7, 11) is 1.46. The lowest BCUT2D eigenvalue weighted by Gasteiger charge is -2.55. The summed E-state index contributed by atoms with van der Waals surface area (Å²) >= 11 is 0. The van der Waals surface area contributed by atoms with Crippen LogP contribution in [0, 0.1) is 17.3 Å². The van der Waals surface area contributed by atoms with Gasteiger partial charge in [-0.3, -0.25) is 4.79 Å². The molecule has 5 heteroatoms. The summed E-state index contributed by atoms with van der Waals surface area (Å²) in [6.45, 7) is 6.78. The van der Waals surface area contributed by atoms with Crippen molar-refractivity contribution in [1.82, 2.24) is 4.90 Å². The normalized spacial score (nSPS) is 32.2. The van der Waals surface area contributed by atoms with Crippen LogP contribution >= 0.6 is 0 Å². The highest BCUT2D eigenvalue weighted by Gasteiger charge is 2.56. The second kappa shape index (κ2) is 4.92. The molecule has 17 heavy (non-hydrogen) atoms. The summed E-state index contributed by atoms with van der Waals surface area (Å²) in [6.07, 6.45) is 0. The summed E-state index contributed by atoms with van der Waals surface area (Å²) in [6, 6.07) is 0. The molecule has 2 aliphatic rings. The van der Waals surface area contributed by atoms with E-state index in [1.807, 2.05) is 0 Å². The second-order valence-electron chi connectivity index (χ2n) is 5.25. The van der Waals surface area contributed by atoms with E-state index in [2.05, 4.69) is 11.8 Å². The minimum atomic E-state index is -0.109. The van der Waals surface area contributed by atoms with Gasteiger partial charge >= 0.3 is 5.97 Å². The fraction of sp³-hybridized carbons (Fsp3) is 0.917. The van der Waals surface area contributed by atoms with E-state index in [1.165, 1.54) is 7.11 Å². The van der Waals surface area contributed by atoms with Gasteiger partial charge in [0.1, 0.15) is 0 Å². The number of piperidine rings is 1. The van der Waals surface area contributed by atoms with Crippen LogP contribution in [0.3, 0.4) is 0 Å². The Bertz CT molecular complexity index is 291. The second-order valence-corrected chi connectivity index (χ2v) is 5.25. The molecule has 2 N–H and O–H groups in total. The molecule has 98 valence electrons. The maximum atomic E-state index is 11.9. The molecule has 0 aromatic rings. The minimum Gasteiger partial charge on any atom is -0.469 e. The lowest BCUT2D eigenvalue weighted by atomic mass is 9.63. The highest BCUT2D eigenvalue weighted by atomic mass is 16.5. The minimum absolute atomic E-state index is 0.00179. The summed E-state index contributed by atoms with van der Waals surface area (Å²) in [5, 5.41) is 0. The van der Waals surface area contributed by atoms with Crippen molar-refractivity contribution in [2.45, 2.75) is 6.92 Å². The van der Waals surface area contributed by atoms with E-state index in [9.17, 15) is 4.79 Å². The Morgan fingerprint density at radius 2 is 2.24 bits per heavy atom. The van der Waals surface area contributed by atoms with Gasteiger partial charge in [-0.1, -0.05) is 6.92 Å². The number of ether oxygens (including phenoxy) is 2. The maximum absolute atomic E-state index is 11.9. The van der Waals surface area contributed by atoms with Gasteiger partial charge in [-0.15, -0.1) is 0 Å². The first-order valence-electron chi connectivity index (χ1n) is 6.22. The zero-order valence-electron chi connectivity index (χ0n) is 10.6. The standard InChI is InChI=1S/C12H22N2O3/c1-9-5-14(4-3-13)6-10(11(15)16-2)12(9)7-17-8-12/h9-10H,3-8,13H2,1-2H3. The van der Waals surface area contributed by atoms with Crippen LogP contribution in [0.5, 0.6) is 0 Å². The molecule has 2 rings (SSSR count). The first-order valence-corrected chi connectivity index (χ1v) is 6.22. The number of rotatable bonds is 3. The molecule has 0 radical (unpaired) electrons. The van der Waals surface area contributed by atoms with Gasteiger partial charge in [0.15, 0.2) is 0 Å². The third-order valence-electron chi connectivity index (χ3n) is 4.32. The quantitative estimate of drug-likeness (QED) is 0.689. The molecule has 0 saturated carbocycles.